The SMILES string of the molecule is C#CCC.CC.CCC.CCC. The average Bonchev–Trinajstić information content (AvgIpc) is 2.10. The van der Waals surface area contributed by atoms with Crippen molar-refractivity contribution < 1.29 is 0 Å². The van der Waals surface area contributed by atoms with Crippen LogP contribution in [0.15, 0.2) is 0 Å². The van der Waals surface area contributed by atoms with Crippen molar-refractivity contribution >= 4 is 0 Å². The molecule has 0 saturated carbocycles. The van der Waals surface area contributed by atoms with Gasteiger partial charge in [-0.3, -0.25) is 0 Å². The monoisotopic (exact) mass is 172 g/mol. The Morgan fingerprint density at radius 3 is 0.917 bits per heavy atom. The lowest BCUT2D eigenvalue weighted by Gasteiger charge is -1.52. The van der Waals surface area contributed by atoms with Crippen molar-refractivity contribution in [3.63, 3.8) is 0 Å². The van der Waals surface area contributed by atoms with Crippen LogP contribution in [0.3, 0.4) is 0 Å². The van der Waals surface area contributed by atoms with Crippen LogP contribution in [-0.2, 0) is 0 Å². The molecule has 0 aromatic rings. The highest BCUT2D eigenvalue weighted by Crippen LogP contribution is 1.58. The summed E-state index contributed by atoms with van der Waals surface area (Å²) in [5.41, 5.74) is 0. The molecule has 0 saturated heterocycles. The van der Waals surface area contributed by atoms with Gasteiger partial charge in [-0.1, -0.05) is 61.3 Å². The van der Waals surface area contributed by atoms with Crippen LogP contribution < -0.4 is 0 Å². The lowest BCUT2D eigenvalue weighted by atomic mass is 10.5. The number of terminal acetylenes is 1. The molecule has 0 aromatic carbocycles. The third-order valence-corrected chi connectivity index (χ3v) is 0.204. The van der Waals surface area contributed by atoms with Gasteiger partial charge in [-0.05, 0) is 0 Å². The summed E-state index contributed by atoms with van der Waals surface area (Å²) in [5, 5.41) is 0. The molecule has 0 bridgehead atoms. The highest BCUT2D eigenvalue weighted by Gasteiger charge is 1.43. The number of hydrogen-bond donors (Lipinski definition) is 0. The summed E-state index contributed by atoms with van der Waals surface area (Å²) in [6, 6.07) is 0. The maximum Gasteiger partial charge on any atom is 0.00576 e. The van der Waals surface area contributed by atoms with E-state index in [4.69, 9.17) is 6.42 Å². The van der Waals surface area contributed by atoms with Gasteiger partial charge in [0.1, 0.15) is 0 Å². The summed E-state index contributed by atoms with van der Waals surface area (Å²) in [5.74, 6) is 2.43. The molecule has 0 aliphatic rings. The van der Waals surface area contributed by atoms with Gasteiger partial charge in [0.25, 0.3) is 0 Å². The van der Waals surface area contributed by atoms with Crippen molar-refractivity contribution in [2.24, 2.45) is 0 Å². The lowest BCUT2D eigenvalue weighted by Crippen LogP contribution is -1.38. The molecule has 0 amide bonds. The van der Waals surface area contributed by atoms with Crippen LogP contribution in [0.1, 0.15) is 67.7 Å². The molecular formula is C12H28. The van der Waals surface area contributed by atoms with Crippen molar-refractivity contribution in [2.45, 2.75) is 67.7 Å². The second-order valence-electron chi connectivity index (χ2n) is 1.97. The first kappa shape index (κ1) is 22.6. The predicted molar refractivity (Wildman–Crippen MR) is 62.4 cm³/mol. The maximum absolute atomic E-state index is 4.78. The van der Waals surface area contributed by atoms with E-state index >= 15 is 0 Å². The van der Waals surface area contributed by atoms with Crippen LogP contribution >= 0.6 is 0 Å². The minimum Gasteiger partial charge on any atom is -0.120 e. The molecule has 12 heavy (non-hydrogen) atoms. The van der Waals surface area contributed by atoms with Gasteiger partial charge in [-0.15, -0.1) is 12.3 Å². The molecule has 0 radical (unpaired) electrons. The Labute approximate surface area is 80.8 Å². The van der Waals surface area contributed by atoms with Crippen molar-refractivity contribution in [1.29, 1.82) is 0 Å². The minimum absolute atomic E-state index is 0.847. The summed E-state index contributed by atoms with van der Waals surface area (Å²) in [7, 11) is 0. The molecule has 0 aromatic heterocycles. The van der Waals surface area contributed by atoms with Gasteiger partial charge in [0.15, 0.2) is 0 Å². The fourth-order valence-corrected chi connectivity index (χ4v) is 0. The smallest absolute Gasteiger partial charge is 0.00576 e. The van der Waals surface area contributed by atoms with E-state index in [1.807, 2.05) is 20.8 Å². The summed E-state index contributed by atoms with van der Waals surface area (Å²) in [6.07, 6.45) is 8.12. The maximum atomic E-state index is 4.78. The molecular weight excluding hydrogens is 144 g/mol. The molecule has 0 heterocycles. The van der Waals surface area contributed by atoms with Gasteiger partial charge in [-0.25, -0.2) is 0 Å². The Kier molecular flexibility index (Phi) is 143. The van der Waals surface area contributed by atoms with Gasteiger partial charge in [0, 0.05) is 6.42 Å². The normalized spacial score (nSPS) is 5.17. The van der Waals surface area contributed by atoms with E-state index in [9.17, 15) is 0 Å². The molecule has 0 heteroatoms. The Hall–Kier alpha value is -0.440. The molecule has 0 nitrogen and oxygen atoms in total. The van der Waals surface area contributed by atoms with Gasteiger partial charge >= 0.3 is 0 Å². The molecule has 0 unspecified atom stereocenters. The van der Waals surface area contributed by atoms with Crippen molar-refractivity contribution in [2.75, 3.05) is 0 Å². The fraction of sp³-hybridized carbons (Fsp3) is 0.833. The largest absolute Gasteiger partial charge is 0.120 e. The molecule has 0 aliphatic heterocycles. The van der Waals surface area contributed by atoms with E-state index in [1.165, 1.54) is 12.8 Å². The van der Waals surface area contributed by atoms with E-state index in [2.05, 4.69) is 33.6 Å². The first-order valence-corrected chi connectivity index (χ1v) is 5.18. The van der Waals surface area contributed by atoms with Crippen LogP contribution in [0.2, 0.25) is 0 Å². The van der Waals surface area contributed by atoms with Gasteiger partial charge < -0.3 is 0 Å². The molecule has 0 atom stereocenters. The standard InChI is InChI=1S/C4H6.2C3H8.C2H6/c1-3-4-2;2*1-3-2;1-2/h1H,4H2,2H3;2*3H2,1-2H3;1-2H3. The Balaban J connectivity index is -0.0000000368. The van der Waals surface area contributed by atoms with E-state index in [1.54, 1.807) is 0 Å². The molecule has 0 fully saturated rings. The van der Waals surface area contributed by atoms with Crippen molar-refractivity contribution in [1.82, 2.24) is 0 Å². The van der Waals surface area contributed by atoms with E-state index in [0.29, 0.717) is 0 Å². The number of rotatable bonds is 0. The van der Waals surface area contributed by atoms with Gasteiger partial charge in [0.05, 0.1) is 0 Å². The second kappa shape index (κ2) is 76.2. The highest BCUT2D eigenvalue weighted by molar-refractivity contribution is 4.80. The third-order valence-electron chi connectivity index (χ3n) is 0.204. The topological polar surface area (TPSA) is 0 Å². The predicted octanol–water partition coefficient (Wildman–Crippen LogP) is 4.89. The summed E-state index contributed by atoms with van der Waals surface area (Å²) in [4.78, 5) is 0. The third kappa shape index (κ3) is 2230. The average molecular weight is 172 g/mol. The van der Waals surface area contributed by atoms with Crippen LogP contribution in [0.25, 0.3) is 0 Å². The van der Waals surface area contributed by atoms with E-state index in [-0.39, 0.29) is 0 Å². The Bertz CT molecular complexity index is 45.5. The Morgan fingerprint density at radius 2 is 0.917 bits per heavy atom. The summed E-state index contributed by atoms with van der Waals surface area (Å²) >= 11 is 0. The zero-order valence-corrected chi connectivity index (χ0v) is 10.2. The van der Waals surface area contributed by atoms with Crippen molar-refractivity contribution in [3.8, 4) is 12.3 Å². The highest BCUT2D eigenvalue weighted by atomic mass is 13.5. The summed E-state index contributed by atoms with van der Waals surface area (Å²) in [6.45, 7) is 14.4. The molecule has 0 N–H and O–H groups in total. The van der Waals surface area contributed by atoms with Crippen LogP contribution in [0, 0.1) is 12.3 Å². The van der Waals surface area contributed by atoms with Crippen LogP contribution in [0.5, 0.6) is 0 Å². The zero-order valence-electron chi connectivity index (χ0n) is 10.2. The molecule has 76 valence electrons. The zero-order chi connectivity index (χ0) is 10.8. The number of hydrogen-bond acceptors (Lipinski definition) is 0. The quantitative estimate of drug-likeness (QED) is 0.456. The molecule has 0 spiro atoms. The first-order valence-electron chi connectivity index (χ1n) is 5.18. The van der Waals surface area contributed by atoms with E-state index < -0.39 is 0 Å². The first-order chi connectivity index (χ1) is 5.74. The van der Waals surface area contributed by atoms with Gasteiger partial charge in [0.2, 0.25) is 0 Å². The molecule has 0 rings (SSSR count). The van der Waals surface area contributed by atoms with Gasteiger partial charge in [-0.2, -0.15) is 0 Å². The van der Waals surface area contributed by atoms with Crippen molar-refractivity contribution in [3.05, 3.63) is 0 Å². The van der Waals surface area contributed by atoms with E-state index in [0.717, 1.165) is 6.42 Å². The summed E-state index contributed by atoms with van der Waals surface area (Å²) < 4.78 is 0. The minimum atomic E-state index is 0.847. The van der Waals surface area contributed by atoms with Crippen LogP contribution in [0.4, 0.5) is 0 Å². The molecule has 0 aliphatic carbocycles. The lowest BCUT2D eigenvalue weighted by molar-refractivity contribution is 1.09. The second-order valence-corrected chi connectivity index (χ2v) is 1.97. The Morgan fingerprint density at radius 1 is 0.833 bits per heavy atom. The fourth-order valence-electron chi connectivity index (χ4n) is 0. The van der Waals surface area contributed by atoms with Crippen LogP contribution in [-0.4, -0.2) is 0 Å².